The number of nitrogens with two attached hydrogens (primary N) is 1. The fourth-order valence-electron chi connectivity index (χ4n) is 4.05. The summed E-state index contributed by atoms with van der Waals surface area (Å²) in [5.74, 6) is 2.55. The van der Waals surface area contributed by atoms with E-state index in [9.17, 15) is 0 Å². The largest absolute Gasteiger partial charge is 0.384 e. The van der Waals surface area contributed by atoms with Gasteiger partial charge in [0.2, 0.25) is 0 Å². The van der Waals surface area contributed by atoms with Crippen molar-refractivity contribution in [3.05, 3.63) is 72.9 Å². The molecule has 0 bridgehead atoms. The summed E-state index contributed by atoms with van der Waals surface area (Å²) in [6, 6.07) is 1.69. The van der Waals surface area contributed by atoms with Gasteiger partial charge >= 0.3 is 0 Å². The molecular formula is C23H32N6. The Balaban J connectivity index is 1.84. The SMILES string of the molecule is C=C/C(=C(C)/C=C(\C=C)Nc1cc(N)ncn1)N(C)C1(NC)C=CC(C2CC2)C1. The standard InChI is InChI=1S/C23H32N6/c1-6-19(28-22-13-21(24)26-15-27-22)12-16(3)20(7-2)29(5)23(25-4)11-10-18(14-23)17-8-9-17/h6-7,10-13,15,17-18,25H,1-2,8-9,14H2,3-5H3,(H3,24,26,27,28)/b19-12+,20-16-. The summed E-state index contributed by atoms with van der Waals surface area (Å²) in [6.07, 6.45) is 15.6. The van der Waals surface area contributed by atoms with Crippen LogP contribution in [-0.2, 0) is 0 Å². The topological polar surface area (TPSA) is 79.1 Å². The highest BCUT2D eigenvalue weighted by Gasteiger charge is 2.43. The quantitative estimate of drug-likeness (QED) is 0.337. The van der Waals surface area contributed by atoms with E-state index in [2.05, 4.69) is 64.8 Å². The molecule has 0 aliphatic heterocycles. The Labute approximate surface area is 174 Å². The van der Waals surface area contributed by atoms with Crippen LogP contribution in [0.5, 0.6) is 0 Å². The molecule has 0 amide bonds. The van der Waals surface area contributed by atoms with E-state index in [0.717, 1.165) is 29.3 Å². The lowest BCUT2D eigenvalue weighted by Crippen LogP contribution is -2.53. The molecule has 1 fully saturated rings. The summed E-state index contributed by atoms with van der Waals surface area (Å²) in [7, 11) is 4.15. The van der Waals surface area contributed by atoms with Gasteiger partial charge in [0, 0.05) is 24.5 Å². The summed E-state index contributed by atoms with van der Waals surface area (Å²) in [6.45, 7) is 10.1. The van der Waals surface area contributed by atoms with E-state index in [-0.39, 0.29) is 5.66 Å². The molecule has 2 aliphatic rings. The van der Waals surface area contributed by atoms with Gasteiger partial charge in [-0.1, -0.05) is 19.2 Å². The first kappa shape index (κ1) is 20.9. The second-order valence-corrected chi connectivity index (χ2v) is 7.83. The van der Waals surface area contributed by atoms with E-state index in [1.807, 2.05) is 19.2 Å². The number of rotatable bonds is 9. The Morgan fingerprint density at radius 2 is 2.07 bits per heavy atom. The molecule has 0 radical (unpaired) electrons. The lowest BCUT2D eigenvalue weighted by molar-refractivity contribution is 0.166. The number of likely N-dealkylation sites (N-methyl/N-ethyl adjacent to an activating group) is 2. The first-order valence-corrected chi connectivity index (χ1v) is 10.1. The van der Waals surface area contributed by atoms with Gasteiger partial charge in [-0.05, 0) is 74.9 Å². The fraction of sp³-hybridized carbons (Fsp3) is 0.391. The zero-order chi connectivity index (χ0) is 21.0. The highest BCUT2D eigenvalue weighted by molar-refractivity contribution is 5.51. The third kappa shape index (κ3) is 4.59. The molecule has 1 saturated carbocycles. The molecule has 1 aromatic rings. The minimum absolute atomic E-state index is 0.200. The van der Waals surface area contributed by atoms with Crippen molar-refractivity contribution in [2.75, 3.05) is 25.1 Å². The van der Waals surface area contributed by atoms with Crippen LogP contribution in [0, 0.1) is 11.8 Å². The van der Waals surface area contributed by atoms with Crippen molar-refractivity contribution in [2.45, 2.75) is 31.8 Å². The first-order chi connectivity index (χ1) is 13.9. The van der Waals surface area contributed by atoms with Crippen LogP contribution in [0.3, 0.4) is 0 Å². The summed E-state index contributed by atoms with van der Waals surface area (Å²) in [5, 5.41) is 6.78. The van der Waals surface area contributed by atoms with Crippen LogP contribution in [-0.4, -0.2) is 34.6 Å². The van der Waals surface area contributed by atoms with Crippen LogP contribution in [0.1, 0.15) is 26.2 Å². The third-order valence-corrected chi connectivity index (χ3v) is 5.94. The molecule has 4 N–H and O–H groups in total. The molecule has 1 heterocycles. The van der Waals surface area contributed by atoms with E-state index in [0.29, 0.717) is 17.6 Å². The Bertz CT molecular complexity index is 864. The van der Waals surface area contributed by atoms with E-state index < -0.39 is 0 Å². The smallest absolute Gasteiger partial charge is 0.135 e. The van der Waals surface area contributed by atoms with Gasteiger partial charge in [-0.25, -0.2) is 9.97 Å². The average molecular weight is 393 g/mol. The minimum Gasteiger partial charge on any atom is -0.384 e. The lowest BCUT2D eigenvalue weighted by atomic mass is 9.97. The summed E-state index contributed by atoms with van der Waals surface area (Å²) >= 11 is 0. The Morgan fingerprint density at radius 3 is 2.66 bits per heavy atom. The lowest BCUT2D eigenvalue weighted by Gasteiger charge is -2.41. The molecule has 0 saturated heterocycles. The van der Waals surface area contributed by atoms with Crippen LogP contribution in [0.2, 0.25) is 0 Å². The first-order valence-electron chi connectivity index (χ1n) is 10.1. The number of allylic oxidation sites excluding steroid dienone is 5. The molecule has 3 rings (SSSR count). The molecule has 2 unspecified atom stereocenters. The Hall–Kier alpha value is -2.86. The monoisotopic (exact) mass is 392 g/mol. The zero-order valence-corrected chi connectivity index (χ0v) is 17.7. The van der Waals surface area contributed by atoms with E-state index in [4.69, 9.17) is 5.73 Å². The van der Waals surface area contributed by atoms with Crippen molar-refractivity contribution in [1.29, 1.82) is 0 Å². The summed E-state index contributed by atoms with van der Waals surface area (Å²) < 4.78 is 0. The van der Waals surface area contributed by atoms with Gasteiger partial charge in [0.25, 0.3) is 0 Å². The van der Waals surface area contributed by atoms with Crippen molar-refractivity contribution >= 4 is 11.6 Å². The van der Waals surface area contributed by atoms with Gasteiger partial charge in [-0.2, -0.15) is 0 Å². The van der Waals surface area contributed by atoms with Crippen LogP contribution in [0.25, 0.3) is 0 Å². The summed E-state index contributed by atoms with van der Waals surface area (Å²) in [4.78, 5) is 10.4. The third-order valence-electron chi connectivity index (χ3n) is 5.94. The number of nitrogen functional groups attached to an aromatic ring is 1. The molecule has 0 spiro atoms. The summed E-state index contributed by atoms with van der Waals surface area (Å²) in [5.41, 5.74) is 8.50. The zero-order valence-electron chi connectivity index (χ0n) is 17.7. The molecule has 29 heavy (non-hydrogen) atoms. The van der Waals surface area contributed by atoms with E-state index in [1.54, 1.807) is 12.1 Å². The van der Waals surface area contributed by atoms with Crippen LogP contribution in [0.4, 0.5) is 11.6 Å². The number of nitrogens with one attached hydrogen (secondary N) is 2. The Morgan fingerprint density at radius 1 is 1.31 bits per heavy atom. The van der Waals surface area contributed by atoms with Gasteiger partial charge in [-0.15, -0.1) is 0 Å². The van der Waals surface area contributed by atoms with E-state index >= 15 is 0 Å². The van der Waals surface area contributed by atoms with Crippen molar-refractivity contribution in [1.82, 2.24) is 20.2 Å². The van der Waals surface area contributed by atoms with Gasteiger partial charge in [0.1, 0.15) is 23.6 Å². The second kappa shape index (κ2) is 8.66. The fourth-order valence-corrected chi connectivity index (χ4v) is 4.05. The average Bonchev–Trinajstić information content (AvgIpc) is 3.47. The number of hydrogen-bond acceptors (Lipinski definition) is 6. The highest BCUT2D eigenvalue weighted by atomic mass is 15.3. The maximum atomic E-state index is 5.74. The number of nitrogens with zero attached hydrogens (tertiary/aromatic N) is 3. The predicted molar refractivity (Wildman–Crippen MR) is 121 cm³/mol. The molecule has 154 valence electrons. The number of hydrogen-bond donors (Lipinski definition) is 3. The van der Waals surface area contributed by atoms with Gasteiger partial charge in [-0.3, -0.25) is 5.32 Å². The van der Waals surface area contributed by atoms with Gasteiger partial charge in [0.05, 0.1) is 0 Å². The van der Waals surface area contributed by atoms with Crippen molar-refractivity contribution in [3.8, 4) is 0 Å². The van der Waals surface area contributed by atoms with E-state index in [1.165, 1.54) is 19.2 Å². The highest BCUT2D eigenvalue weighted by Crippen LogP contribution is 2.46. The van der Waals surface area contributed by atoms with Crippen molar-refractivity contribution in [3.63, 3.8) is 0 Å². The normalized spacial score (nSPS) is 24.8. The molecule has 1 aromatic heterocycles. The van der Waals surface area contributed by atoms with Crippen LogP contribution < -0.4 is 16.4 Å². The van der Waals surface area contributed by atoms with Crippen LogP contribution >= 0.6 is 0 Å². The molecule has 0 aromatic carbocycles. The van der Waals surface area contributed by atoms with Gasteiger partial charge in [0.15, 0.2) is 0 Å². The minimum atomic E-state index is -0.200. The number of anilines is 2. The van der Waals surface area contributed by atoms with Crippen molar-refractivity contribution < 1.29 is 0 Å². The second-order valence-electron chi connectivity index (χ2n) is 7.83. The number of aromatic nitrogens is 2. The van der Waals surface area contributed by atoms with Crippen molar-refractivity contribution in [2.24, 2.45) is 11.8 Å². The molecule has 6 heteroatoms. The molecule has 2 aliphatic carbocycles. The molecule has 6 nitrogen and oxygen atoms in total. The Kier molecular flexibility index (Phi) is 6.23. The predicted octanol–water partition coefficient (Wildman–Crippen LogP) is 3.83. The molecule has 2 atom stereocenters. The van der Waals surface area contributed by atoms with Crippen LogP contribution in [0.15, 0.2) is 72.9 Å². The maximum absolute atomic E-state index is 5.74. The molecular weight excluding hydrogens is 360 g/mol. The maximum Gasteiger partial charge on any atom is 0.135 e. The van der Waals surface area contributed by atoms with Gasteiger partial charge < -0.3 is 16.0 Å².